The number of thioether (sulfide) groups is 1. The van der Waals surface area contributed by atoms with Crippen LogP contribution in [-0.4, -0.2) is 43.5 Å². The Kier molecular flexibility index (Phi) is 5.00. The van der Waals surface area contributed by atoms with Gasteiger partial charge in [-0.3, -0.25) is 19.3 Å². The van der Waals surface area contributed by atoms with Crippen LogP contribution in [0.25, 0.3) is 0 Å². The summed E-state index contributed by atoms with van der Waals surface area (Å²) >= 11 is 0.935. The van der Waals surface area contributed by atoms with Crippen molar-refractivity contribution >= 4 is 17.7 Å². The lowest BCUT2D eigenvalue weighted by molar-refractivity contribution is -0.0821. The van der Waals surface area contributed by atoms with E-state index in [1.807, 2.05) is 55.3 Å². The molecule has 0 spiro atoms. The molecule has 170 valence electrons. The van der Waals surface area contributed by atoms with Crippen molar-refractivity contribution in [3.05, 3.63) is 93.4 Å². The van der Waals surface area contributed by atoms with Gasteiger partial charge < -0.3 is 20.2 Å². The summed E-state index contributed by atoms with van der Waals surface area (Å²) in [5, 5.41) is 32.2. The van der Waals surface area contributed by atoms with Crippen LogP contribution in [0.2, 0.25) is 0 Å². The summed E-state index contributed by atoms with van der Waals surface area (Å²) in [6, 6.07) is 14.9. The van der Waals surface area contributed by atoms with Gasteiger partial charge in [0.2, 0.25) is 10.5 Å². The van der Waals surface area contributed by atoms with E-state index >= 15 is 0 Å². The number of rotatable bonds is 2. The van der Waals surface area contributed by atoms with E-state index in [0.29, 0.717) is 16.0 Å². The molecule has 3 N–H and O–H groups in total. The first-order valence-corrected chi connectivity index (χ1v) is 11.4. The maximum absolute atomic E-state index is 13.2. The quantitative estimate of drug-likeness (QED) is 0.499. The van der Waals surface area contributed by atoms with E-state index in [2.05, 4.69) is 0 Å². The molecule has 0 saturated heterocycles. The molecule has 1 aromatic heterocycles. The van der Waals surface area contributed by atoms with Crippen LogP contribution in [0, 0.1) is 0 Å². The zero-order valence-corrected chi connectivity index (χ0v) is 18.9. The Labute approximate surface area is 194 Å². The van der Waals surface area contributed by atoms with Crippen LogP contribution < -0.4 is 10.4 Å². The third-order valence-electron chi connectivity index (χ3n) is 6.08. The monoisotopic (exact) mass is 465 g/mol. The minimum absolute atomic E-state index is 0.117. The van der Waals surface area contributed by atoms with Gasteiger partial charge in [0, 0.05) is 28.8 Å². The second kappa shape index (κ2) is 7.65. The van der Waals surface area contributed by atoms with Crippen molar-refractivity contribution in [1.82, 2.24) is 9.58 Å². The summed E-state index contributed by atoms with van der Waals surface area (Å²) in [5.41, 5.74) is 1.02. The third-order valence-corrected chi connectivity index (χ3v) is 7.18. The van der Waals surface area contributed by atoms with Crippen LogP contribution in [0.4, 0.5) is 0 Å². The van der Waals surface area contributed by atoms with Gasteiger partial charge in [0.25, 0.3) is 5.91 Å². The number of nitrogens with zero attached hydrogens (tertiary/aromatic N) is 3. The molecule has 3 heterocycles. The highest BCUT2D eigenvalue weighted by Gasteiger charge is 2.43. The predicted octanol–water partition coefficient (Wildman–Crippen LogP) is 2.30. The van der Waals surface area contributed by atoms with Gasteiger partial charge in [-0.2, -0.15) is 0 Å². The van der Waals surface area contributed by atoms with Gasteiger partial charge >= 0.3 is 0 Å². The summed E-state index contributed by atoms with van der Waals surface area (Å²) in [4.78, 5) is 27.7. The molecular weight excluding hydrogens is 442 g/mol. The first kappa shape index (κ1) is 21.6. The van der Waals surface area contributed by atoms with Gasteiger partial charge in [-0.05, 0) is 31.0 Å². The number of aliphatic hydroxyl groups is 2. The Balaban J connectivity index is 1.82. The minimum atomic E-state index is -2.17. The van der Waals surface area contributed by atoms with E-state index in [1.54, 1.807) is 17.0 Å². The fourth-order valence-corrected chi connectivity index (χ4v) is 5.53. The summed E-state index contributed by atoms with van der Waals surface area (Å²) in [6.45, 7) is 3.88. The number of aromatic nitrogens is 1. The fourth-order valence-electron chi connectivity index (χ4n) is 4.49. The average molecular weight is 466 g/mol. The van der Waals surface area contributed by atoms with Gasteiger partial charge in [0.15, 0.2) is 11.4 Å². The molecule has 1 atom stereocenters. The van der Waals surface area contributed by atoms with Gasteiger partial charge in [-0.25, -0.2) is 0 Å². The number of aromatic hydroxyl groups is 1. The highest BCUT2D eigenvalue weighted by atomic mass is 32.2. The van der Waals surface area contributed by atoms with E-state index in [1.165, 1.54) is 16.9 Å². The standard InChI is InChI=1S/C24H23N3O5S/c1-14(2)25-13-27(26-12-11-18(28)22(29)21(26)23(25)30)20-15-7-3-5-9-17(15)24(31,32)33-19-10-6-4-8-16(19)20/h3-12,14,20,29,31-32H,13H2,1-2H3. The lowest BCUT2D eigenvalue weighted by atomic mass is 9.93. The summed E-state index contributed by atoms with van der Waals surface area (Å²) in [6.07, 6.45) is 1.47. The van der Waals surface area contributed by atoms with Crippen molar-refractivity contribution in [2.75, 3.05) is 11.7 Å². The number of pyridine rings is 1. The highest BCUT2D eigenvalue weighted by Crippen LogP contribution is 2.49. The molecule has 2 aromatic carbocycles. The summed E-state index contributed by atoms with van der Waals surface area (Å²) in [7, 11) is 0. The molecule has 8 nitrogen and oxygen atoms in total. The van der Waals surface area contributed by atoms with E-state index in [0.717, 1.165) is 17.3 Å². The normalized spacial score (nSPS) is 19.1. The SMILES string of the molecule is CC(C)N1CN(C2c3ccccc3SC(O)(O)c3ccccc32)n2ccc(=O)c(O)c2C1=O. The topological polar surface area (TPSA) is 106 Å². The Morgan fingerprint density at radius 3 is 2.39 bits per heavy atom. The number of hydrogen-bond acceptors (Lipinski definition) is 7. The van der Waals surface area contributed by atoms with Crippen molar-refractivity contribution in [2.24, 2.45) is 0 Å². The number of carbonyl (C=O) groups is 1. The number of carbonyl (C=O) groups excluding carboxylic acids is 1. The van der Waals surface area contributed by atoms with Gasteiger partial charge in [-0.15, -0.1) is 0 Å². The zero-order chi connectivity index (χ0) is 23.5. The largest absolute Gasteiger partial charge is 0.502 e. The van der Waals surface area contributed by atoms with Crippen molar-refractivity contribution in [1.29, 1.82) is 0 Å². The number of amides is 1. The molecule has 2 aliphatic heterocycles. The molecule has 0 aliphatic carbocycles. The lowest BCUT2D eigenvalue weighted by Gasteiger charge is -2.45. The molecule has 5 rings (SSSR count). The number of benzene rings is 2. The molecule has 1 unspecified atom stereocenters. The Bertz CT molecular complexity index is 1320. The average Bonchev–Trinajstić information content (AvgIpc) is 2.88. The first-order chi connectivity index (χ1) is 15.7. The van der Waals surface area contributed by atoms with Gasteiger partial charge in [-0.1, -0.05) is 54.2 Å². The molecule has 1 amide bonds. The number of fused-ring (bicyclic) bond motifs is 3. The molecule has 3 aromatic rings. The van der Waals surface area contributed by atoms with Crippen LogP contribution in [0.15, 0.2) is 70.5 Å². The maximum Gasteiger partial charge on any atom is 0.278 e. The third kappa shape index (κ3) is 3.31. The van der Waals surface area contributed by atoms with Gasteiger partial charge in [0.1, 0.15) is 6.67 Å². The van der Waals surface area contributed by atoms with E-state index in [4.69, 9.17) is 0 Å². The summed E-state index contributed by atoms with van der Waals surface area (Å²) < 4.78 is 1.50. The zero-order valence-electron chi connectivity index (χ0n) is 18.0. The van der Waals surface area contributed by atoms with Crippen molar-refractivity contribution in [3.8, 4) is 5.75 Å². The van der Waals surface area contributed by atoms with E-state index in [9.17, 15) is 24.9 Å². The fraction of sp³-hybridized carbons (Fsp3) is 0.250. The molecule has 0 radical (unpaired) electrons. The Morgan fingerprint density at radius 2 is 1.67 bits per heavy atom. The second-order valence-corrected chi connectivity index (χ2v) is 9.62. The van der Waals surface area contributed by atoms with Crippen molar-refractivity contribution < 1.29 is 20.1 Å². The van der Waals surface area contributed by atoms with Crippen LogP contribution in [-0.2, 0) is 5.12 Å². The molecule has 33 heavy (non-hydrogen) atoms. The number of hydrogen-bond donors (Lipinski definition) is 3. The van der Waals surface area contributed by atoms with Gasteiger partial charge in [0.05, 0.1) is 6.04 Å². The molecule has 2 aliphatic rings. The maximum atomic E-state index is 13.2. The molecule has 9 heteroatoms. The Morgan fingerprint density at radius 1 is 1.00 bits per heavy atom. The minimum Gasteiger partial charge on any atom is -0.502 e. The van der Waals surface area contributed by atoms with E-state index < -0.39 is 28.2 Å². The van der Waals surface area contributed by atoms with Crippen molar-refractivity contribution in [2.45, 2.75) is 35.9 Å². The smallest absolute Gasteiger partial charge is 0.278 e. The predicted molar refractivity (Wildman–Crippen MR) is 123 cm³/mol. The highest BCUT2D eigenvalue weighted by molar-refractivity contribution is 8.00. The van der Waals surface area contributed by atoms with Crippen LogP contribution in [0.5, 0.6) is 5.75 Å². The van der Waals surface area contributed by atoms with Crippen molar-refractivity contribution in [3.63, 3.8) is 0 Å². The molecule has 0 saturated carbocycles. The molecule has 0 fully saturated rings. The summed E-state index contributed by atoms with van der Waals surface area (Å²) in [5.74, 6) is -1.05. The molecular formula is C24H23N3O5S. The second-order valence-electron chi connectivity index (χ2n) is 8.41. The lowest BCUT2D eigenvalue weighted by Crippen LogP contribution is -2.57. The molecule has 0 bridgehead atoms. The van der Waals surface area contributed by atoms with Crippen LogP contribution in [0.1, 0.15) is 47.1 Å². The van der Waals surface area contributed by atoms with E-state index in [-0.39, 0.29) is 18.4 Å². The van der Waals surface area contributed by atoms with Crippen LogP contribution in [0.3, 0.4) is 0 Å². The first-order valence-electron chi connectivity index (χ1n) is 10.6. The van der Waals surface area contributed by atoms with Crippen LogP contribution >= 0.6 is 11.8 Å². The Hall–Kier alpha value is -3.27.